The summed E-state index contributed by atoms with van der Waals surface area (Å²) in [5.74, 6) is -0.490. The van der Waals surface area contributed by atoms with Crippen molar-refractivity contribution in [1.29, 1.82) is 0 Å². The van der Waals surface area contributed by atoms with Gasteiger partial charge in [0.15, 0.2) is 4.80 Å². The van der Waals surface area contributed by atoms with E-state index in [2.05, 4.69) is 9.73 Å². The van der Waals surface area contributed by atoms with Gasteiger partial charge in [-0.15, -0.1) is 11.8 Å². The molecule has 1 aromatic heterocycles. The Labute approximate surface area is 214 Å². The van der Waals surface area contributed by atoms with Gasteiger partial charge in [0.05, 0.1) is 27.9 Å². The molecule has 188 valence electrons. The molecule has 4 rings (SSSR count). The predicted octanol–water partition coefficient (Wildman–Crippen LogP) is 4.51. The Kier molecular flexibility index (Phi) is 7.75. The fourth-order valence-corrected chi connectivity index (χ4v) is 5.31. The molecule has 0 aliphatic carbocycles. The summed E-state index contributed by atoms with van der Waals surface area (Å²) in [6, 6.07) is 13.0. The van der Waals surface area contributed by atoms with Crippen LogP contribution in [0.4, 0.5) is 8.78 Å². The molecule has 0 radical (unpaired) electrons. The second kappa shape index (κ2) is 10.8. The van der Waals surface area contributed by atoms with E-state index in [-0.39, 0.29) is 17.4 Å². The number of esters is 1. The summed E-state index contributed by atoms with van der Waals surface area (Å²) in [5.41, 5.74) is 1.89. The topological polar surface area (TPSA) is 69.9 Å². The molecule has 0 saturated heterocycles. The van der Waals surface area contributed by atoms with Crippen LogP contribution in [0.2, 0.25) is 0 Å². The molecular formula is C26H24F2N2O4S2. The molecule has 2 aromatic carbocycles. The summed E-state index contributed by atoms with van der Waals surface area (Å²) < 4.78 is 36.7. The third-order valence-electron chi connectivity index (χ3n) is 5.42. The Morgan fingerprint density at radius 2 is 1.81 bits per heavy atom. The first-order chi connectivity index (χ1) is 17.2. The maximum absolute atomic E-state index is 13.6. The maximum Gasteiger partial charge on any atom is 0.387 e. The minimum absolute atomic E-state index is 0.0289. The molecule has 0 spiro atoms. The number of aromatic nitrogens is 1. The second-order valence-corrected chi connectivity index (χ2v) is 10.1. The van der Waals surface area contributed by atoms with Crippen LogP contribution in [0, 0.1) is 0 Å². The van der Waals surface area contributed by atoms with Crippen LogP contribution in [0.15, 0.2) is 74.5 Å². The molecule has 1 atom stereocenters. The molecule has 0 unspecified atom stereocenters. The van der Waals surface area contributed by atoms with Crippen LogP contribution in [-0.2, 0) is 9.53 Å². The highest BCUT2D eigenvalue weighted by Crippen LogP contribution is 2.32. The molecule has 1 aliphatic heterocycles. The number of allylic oxidation sites excluding steroid dienone is 1. The predicted molar refractivity (Wildman–Crippen MR) is 136 cm³/mol. The first-order valence-electron chi connectivity index (χ1n) is 11.1. The van der Waals surface area contributed by atoms with Gasteiger partial charge in [0.2, 0.25) is 0 Å². The lowest BCUT2D eigenvalue weighted by atomic mass is 9.96. The Bertz CT molecular complexity index is 1470. The van der Waals surface area contributed by atoms with E-state index in [1.165, 1.54) is 28.0 Å². The number of halogens is 2. The van der Waals surface area contributed by atoms with Gasteiger partial charge < -0.3 is 9.47 Å². The van der Waals surface area contributed by atoms with Crippen LogP contribution in [0.3, 0.4) is 0 Å². The van der Waals surface area contributed by atoms with Gasteiger partial charge in [-0.25, -0.2) is 9.79 Å². The lowest BCUT2D eigenvalue weighted by Gasteiger charge is -2.25. The molecule has 0 bridgehead atoms. The van der Waals surface area contributed by atoms with Crippen molar-refractivity contribution in [2.75, 3.05) is 6.26 Å². The van der Waals surface area contributed by atoms with Gasteiger partial charge in [0.25, 0.3) is 5.56 Å². The highest BCUT2D eigenvalue weighted by atomic mass is 32.2. The normalized spacial score (nSPS) is 15.8. The number of carbonyl (C=O) groups excluding carboxylic acids is 1. The van der Waals surface area contributed by atoms with E-state index in [9.17, 15) is 18.4 Å². The number of hydrogen-bond acceptors (Lipinski definition) is 7. The third kappa shape index (κ3) is 5.44. The van der Waals surface area contributed by atoms with E-state index in [1.54, 1.807) is 50.7 Å². The molecule has 0 amide bonds. The molecular weight excluding hydrogens is 506 g/mol. The summed E-state index contributed by atoms with van der Waals surface area (Å²) in [6.45, 7) is 2.36. The molecule has 3 aromatic rings. The van der Waals surface area contributed by atoms with Gasteiger partial charge in [-0.2, -0.15) is 8.78 Å². The highest BCUT2D eigenvalue weighted by molar-refractivity contribution is 7.98. The van der Waals surface area contributed by atoms with Crippen LogP contribution in [0.1, 0.15) is 37.9 Å². The third-order valence-corrected chi connectivity index (χ3v) is 7.15. The van der Waals surface area contributed by atoms with Crippen molar-refractivity contribution in [2.24, 2.45) is 4.99 Å². The molecule has 1 aliphatic rings. The number of hydrogen-bond donors (Lipinski definition) is 0. The number of ether oxygens (including phenoxy) is 2. The standard InChI is InChI=1S/C26H24F2N2O4S2/c1-14(2)33-24(32)21-15(3)29-26-30(22(21)17-7-11-19(35-4)12-8-17)23(31)20(36-26)13-16-5-9-18(10-6-16)34-25(27)28/h5-14,22,25H,1-4H3/b20-13-/t22-/m0/s1. The monoisotopic (exact) mass is 530 g/mol. The van der Waals surface area contributed by atoms with Gasteiger partial charge in [0.1, 0.15) is 5.75 Å². The van der Waals surface area contributed by atoms with Gasteiger partial charge >= 0.3 is 12.6 Å². The van der Waals surface area contributed by atoms with Crippen molar-refractivity contribution in [1.82, 2.24) is 4.57 Å². The van der Waals surface area contributed by atoms with E-state index in [4.69, 9.17) is 4.74 Å². The fraction of sp³-hybridized carbons (Fsp3) is 0.269. The van der Waals surface area contributed by atoms with Crippen LogP contribution in [0.5, 0.6) is 5.75 Å². The molecule has 0 fully saturated rings. The Morgan fingerprint density at radius 3 is 2.39 bits per heavy atom. The molecule has 0 N–H and O–H groups in total. The second-order valence-electron chi connectivity index (χ2n) is 8.26. The largest absolute Gasteiger partial charge is 0.459 e. The van der Waals surface area contributed by atoms with Gasteiger partial charge in [-0.1, -0.05) is 35.6 Å². The Balaban J connectivity index is 1.85. The fourth-order valence-electron chi connectivity index (χ4n) is 3.86. The first-order valence-corrected chi connectivity index (χ1v) is 13.1. The average Bonchev–Trinajstić information content (AvgIpc) is 3.13. The summed E-state index contributed by atoms with van der Waals surface area (Å²) in [4.78, 5) is 32.8. The van der Waals surface area contributed by atoms with Crippen molar-refractivity contribution in [2.45, 2.75) is 44.4 Å². The smallest absolute Gasteiger partial charge is 0.387 e. The van der Waals surface area contributed by atoms with E-state index < -0.39 is 18.6 Å². The van der Waals surface area contributed by atoms with Crippen LogP contribution in [0.25, 0.3) is 6.08 Å². The number of benzene rings is 2. The number of thiazole rings is 1. The molecule has 6 nitrogen and oxygen atoms in total. The summed E-state index contributed by atoms with van der Waals surface area (Å²) in [7, 11) is 0. The zero-order chi connectivity index (χ0) is 26.0. The number of rotatable bonds is 7. The number of carbonyl (C=O) groups is 1. The highest BCUT2D eigenvalue weighted by Gasteiger charge is 2.33. The molecule has 36 heavy (non-hydrogen) atoms. The van der Waals surface area contributed by atoms with Crippen LogP contribution in [-0.4, -0.2) is 29.5 Å². The summed E-state index contributed by atoms with van der Waals surface area (Å²) in [6.07, 6.45) is 3.30. The quantitative estimate of drug-likeness (QED) is 0.332. The Hall–Kier alpha value is -3.24. The van der Waals surface area contributed by atoms with Crippen LogP contribution < -0.4 is 19.6 Å². The first kappa shape index (κ1) is 25.8. The van der Waals surface area contributed by atoms with E-state index >= 15 is 0 Å². The van der Waals surface area contributed by atoms with Crippen molar-refractivity contribution >= 4 is 35.1 Å². The summed E-state index contributed by atoms with van der Waals surface area (Å²) >= 11 is 2.79. The van der Waals surface area contributed by atoms with Crippen molar-refractivity contribution in [3.8, 4) is 5.75 Å². The van der Waals surface area contributed by atoms with E-state index in [0.717, 1.165) is 10.5 Å². The number of thioether (sulfide) groups is 1. The number of alkyl halides is 2. The zero-order valence-electron chi connectivity index (χ0n) is 20.0. The van der Waals surface area contributed by atoms with Gasteiger partial charge in [-0.3, -0.25) is 9.36 Å². The SMILES string of the molecule is CSc1ccc([C@H]2C(C(=O)OC(C)C)=C(C)N=c3s/c(=C\c4ccc(OC(F)F)cc4)c(=O)n32)cc1. The number of nitrogens with zero attached hydrogens (tertiary/aromatic N) is 2. The molecule has 10 heteroatoms. The van der Waals surface area contributed by atoms with Crippen molar-refractivity contribution in [3.05, 3.63) is 90.6 Å². The van der Waals surface area contributed by atoms with Crippen molar-refractivity contribution < 1.29 is 23.0 Å². The van der Waals surface area contributed by atoms with Gasteiger partial charge in [-0.05, 0) is 68.5 Å². The van der Waals surface area contributed by atoms with Gasteiger partial charge in [0, 0.05) is 4.90 Å². The Morgan fingerprint density at radius 1 is 1.14 bits per heavy atom. The lowest BCUT2D eigenvalue weighted by Crippen LogP contribution is -2.40. The summed E-state index contributed by atoms with van der Waals surface area (Å²) in [5, 5.41) is 0. The van der Waals surface area contributed by atoms with Crippen LogP contribution >= 0.6 is 23.1 Å². The lowest BCUT2D eigenvalue weighted by molar-refractivity contribution is -0.143. The average molecular weight is 531 g/mol. The molecule has 0 saturated carbocycles. The van der Waals surface area contributed by atoms with Crippen molar-refractivity contribution in [3.63, 3.8) is 0 Å². The number of fused-ring (bicyclic) bond motifs is 1. The minimum atomic E-state index is -2.91. The van der Waals surface area contributed by atoms with E-state index in [0.29, 0.717) is 26.2 Å². The maximum atomic E-state index is 13.6. The molecule has 2 heterocycles. The minimum Gasteiger partial charge on any atom is -0.459 e. The van der Waals surface area contributed by atoms with E-state index in [1.807, 2.05) is 30.5 Å². The zero-order valence-corrected chi connectivity index (χ0v) is 21.7.